The Bertz CT molecular complexity index is 404. The van der Waals surface area contributed by atoms with Crippen molar-refractivity contribution in [3.63, 3.8) is 0 Å². The number of aryl methyl sites for hydroxylation is 1. The summed E-state index contributed by atoms with van der Waals surface area (Å²) >= 11 is 0. The van der Waals surface area contributed by atoms with Crippen molar-refractivity contribution in [1.29, 1.82) is 0 Å². The second kappa shape index (κ2) is 4.92. The van der Waals surface area contributed by atoms with Gasteiger partial charge >= 0.3 is 0 Å². The Morgan fingerprint density at radius 2 is 2.11 bits per heavy atom. The van der Waals surface area contributed by atoms with E-state index < -0.39 is 0 Å². The number of aromatic nitrogens is 2. The maximum Gasteiger partial charge on any atom is 0.153 e. The van der Waals surface area contributed by atoms with E-state index in [1.54, 1.807) is 0 Å². The number of nitrogens with zero attached hydrogens (tertiary/aromatic N) is 2. The van der Waals surface area contributed by atoms with Gasteiger partial charge in [0.25, 0.3) is 0 Å². The average Bonchev–Trinajstić information content (AvgIpc) is 2.82. The maximum absolute atomic E-state index is 5.98. The van der Waals surface area contributed by atoms with Crippen LogP contribution >= 0.6 is 0 Å². The summed E-state index contributed by atoms with van der Waals surface area (Å²) in [6.45, 7) is 4.43. The number of hydrogen-bond acceptors (Lipinski definition) is 3. The zero-order valence-electron chi connectivity index (χ0n) is 11.3. The van der Waals surface area contributed by atoms with Crippen LogP contribution in [0, 0.1) is 5.92 Å². The average molecular weight is 248 g/mol. The molecule has 1 aromatic heterocycles. The lowest BCUT2D eigenvalue weighted by Gasteiger charge is -2.32. The molecule has 18 heavy (non-hydrogen) atoms. The van der Waals surface area contributed by atoms with Crippen molar-refractivity contribution in [2.24, 2.45) is 11.7 Å². The molecular formula is C14H24N4. The van der Waals surface area contributed by atoms with Crippen molar-refractivity contribution in [2.75, 3.05) is 18.0 Å². The molecule has 2 aliphatic rings. The second-order valence-corrected chi connectivity index (χ2v) is 5.85. The summed E-state index contributed by atoms with van der Waals surface area (Å²) < 4.78 is 0. The molecule has 2 heterocycles. The lowest BCUT2D eigenvalue weighted by molar-refractivity contribution is 0.441. The summed E-state index contributed by atoms with van der Waals surface area (Å²) in [4.78, 5) is 2.43. The molecule has 1 fully saturated rings. The van der Waals surface area contributed by atoms with Gasteiger partial charge in [-0.25, -0.2) is 0 Å². The normalized spacial score (nSPS) is 25.2. The number of hydrogen-bond donors (Lipinski definition) is 2. The largest absolute Gasteiger partial charge is 0.355 e. The predicted molar refractivity (Wildman–Crippen MR) is 73.8 cm³/mol. The van der Waals surface area contributed by atoms with Gasteiger partial charge in [-0.3, -0.25) is 5.10 Å². The van der Waals surface area contributed by atoms with Gasteiger partial charge in [0, 0.05) is 30.4 Å². The van der Waals surface area contributed by atoms with E-state index in [1.165, 1.54) is 42.8 Å². The molecule has 1 atom stereocenters. The van der Waals surface area contributed by atoms with E-state index in [2.05, 4.69) is 22.0 Å². The maximum atomic E-state index is 5.98. The quantitative estimate of drug-likeness (QED) is 0.840. The summed E-state index contributed by atoms with van der Waals surface area (Å²) in [6.07, 6.45) is 7.18. The molecule has 1 unspecified atom stereocenters. The highest BCUT2D eigenvalue weighted by Gasteiger charge is 2.27. The van der Waals surface area contributed by atoms with Gasteiger partial charge in [-0.15, -0.1) is 0 Å². The number of rotatable bonds is 2. The van der Waals surface area contributed by atoms with Crippen LogP contribution in [0.25, 0.3) is 0 Å². The van der Waals surface area contributed by atoms with Crippen LogP contribution in [0.15, 0.2) is 0 Å². The van der Waals surface area contributed by atoms with E-state index in [1.807, 2.05) is 0 Å². The predicted octanol–water partition coefficient (Wildman–Crippen LogP) is 1.85. The van der Waals surface area contributed by atoms with Crippen LogP contribution in [-0.2, 0) is 12.8 Å². The molecule has 3 rings (SSSR count). The van der Waals surface area contributed by atoms with E-state index in [0.717, 1.165) is 31.8 Å². The van der Waals surface area contributed by atoms with Crippen LogP contribution in [0.2, 0.25) is 0 Å². The lowest BCUT2D eigenvalue weighted by atomic mass is 9.85. The molecule has 1 aliphatic carbocycles. The molecular weight excluding hydrogens is 224 g/mol. The number of piperidine rings is 1. The topological polar surface area (TPSA) is 57.9 Å². The molecule has 0 radical (unpaired) electrons. The fourth-order valence-electron chi connectivity index (χ4n) is 3.27. The van der Waals surface area contributed by atoms with Crippen LogP contribution in [-0.4, -0.2) is 29.3 Å². The van der Waals surface area contributed by atoms with Crippen molar-refractivity contribution in [3.05, 3.63) is 11.3 Å². The number of nitrogens with two attached hydrogens (primary N) is 1. The highest BCUT2D eigenvalue weighted by molar-refractivity contribution is 5.50. The molecule has 4 heteroatoms. The van der Waals surface area contributed by atoms with Gasteiger partial charge in [0.15, 0.2) is 5.82 Å². The Labute approximate surface area is 109 Å². The number of fused-ring (bicyclic) bond motifs is 1. The molecule has 0 aromatic carbocycles. The van der Waals surface area contributed by atoms with Crippen LogP contribution in [0.4, 0.5) is 5.82 Å². The molecule has 1 saturated heterocycles. The third-order valence-electron chi connectivity index (χ3n) is 4.64. The molecule has 100 valence electrons. The summed E-state index contributed by atoms with van der Waals surface area (Å²) in [5.74, 6) is 2.07. The first-order valence-electron chi connectivity index (χ1n) is 7.34. The molecule has 3 N–H and O–H groups in total. The van der Waals surface area contributed by atoms with Gasteiger partial charge in [0.1, 0.15) is 0 Å². The fraction of sp³-hybridized carbons (Fsp3) is 0.786. The van der Waals surface area contributed by atoms with Crippen molar-refractivity contribution >= 4 is 5.82 Å². The zero-order valence-corrected chi connectivity index (χ0v) is 11.3. The van der Waals surface area contributed by atoms with Gasteiger partial charge in [-0.1, -0.05) is 13.3 Å². The lowest BCUT2D eigenvalue weighted by Crippen LogP contribution is -2.40. The molecule has 0 spiro atoms. The first-order valence-corrected chi connectivity index (χ1v) is 7.34. The van der Waals surface area contributed by atoms with Crippen LogP contribution < -0.4 is 10.6 Å². The minimum absolute atomic E-state index is 0.388. The molecule has 0 saturated carbocycles. The first kappa shape index (κ1) is 12.0. The van der Waals surface area contributed by atoms with E-state index in [4.69, 9.17) is 5.73 Å². The zero-order chi connectivity index (χ0) is 12.5. The SMILES string of the molecule is CCC1CCc2[nH]nc(N3CCC(N)CC3)c2C1. The third kappa shape index (κ3) is 2.14. The van der Waals surface area contributed by atoms with E-state index >= 15 is 0 Å². The Balaban J connectivity index is 1.79. The van der Waals surface area contributed by atoms with Gasteiger partial charge in [0.2, 0.25) is 0 Å². The monoisotopic (exact) mass is 248 g/mol. The van der Waals surface area contributed by atoms with E-state index in [0.29, 0.717) is 6.04 Å². The van der Waals surface area contributed by atoms with Crippen molar-refractivity contribution in [1.82, 2.24) is 10.2 Å². The molecule has 4 nitrogen and oxygen atoms in total. The number of H-pyrrole nitrogens is 1. The Morgan fingerprint density at radius 3 is 2.83 bits per heavy atom. The summed E-state index contributed by atoms with van der Waals surface area (Å²) in [7, 11) is 0. The molecule has 0 bridgehead atoms. The Morgan fingerprint density at radius 1 is 1.33 bits per heavy atom. The number of nitrogens with one attached hydrogen (secondary N) is 1. The fourth-order valence-corrected chi connectivity index (χ4v) is 3.27. The minimum atomic E-state index is 0.388. The first-order chi connectivity index (χ1) is 8.78. The van der Waals surface area contributed by atoms with E-state index in [-0.39, 0.29) is 0 Å². The highest BCUT2D eigenvalue weighted by atomic mass is 15.3. The number of aromatic amines is 1. The minimum Gasteiger partial charge on any atom is -0.355 e. The number of anilines is 1. The van der Waals surface area contributed by atoms with Crippen LogP contribution in [0.3, 0.4) is 0 Å². The Kier molecular flexibility index (Phi) is 3.29. The van der Waals surface area contributed by atoms with Gasteiger partial charge in [-0.05, 0) is 38.0 Å². The van der Waals surface area contributed by atoms with Crippen LogP contribution in [0.5, 0.6) is 0 Å². The third-order valence-corrected chi connectivity index (χ3v) is 4.64. The van der Waals surface area contributed by atoms with Gasteiger partial charge < -0.3 is 10.6 Å². The second-order valence-electron chi connectivity index (χ2n) is 5.85. The molecule has 0 amide bonds. The van der Waals surface area contributed by atoms with Crippen molar-refractivity contribution < 1.29 is 0 Å². The smallest absolute Gasteiger partial charge is 0.153 e. The Hall–Kier alpha value is -1.03. The molecule has 1 aliphatic heterocycles. The van der Waals surface area contributed by atoms with Crippen molar-refractivity contribution in [2.45, 2.75) is 51.5 Å². The standard InChI is InChI=1S/C14H24N4/c1-2-10-3-4-13-12(9-10)14(17-16-13)18-7-5-11(15)6-8-18/h10-11H,2-9,15H2,1H3,(H,16,17). The summed E-state index contributed by atoms with van der Waals surface area (Å²) in [5, 5.41) is 7.83. The van der Waals surface area contributed by atoms with Crippen LogP contribution in [0.1, 0.15) is 43.9 Å². The van der Waals surface area contributed by atoms with Gasteiger partial charge in [0.05, 0.1) is 0 Å². The van der Waals surface area contributed by atoms with Gasteiger partial charge in [-0.2, -0.15) is 5.10 Å². The molecule has 1 aromatic rings. The highest BCUT2D eigenvalue weighted by Crippen LogP contribution is 2.33. The summed E-state index contributed by atoms with van der Waals surface area (Å²) in [5.41, 5.74) is 8.85. The van der Waals surface area contributed by atoms with E-state index in [9.17, 15) is 0 Å². The van der Waals surface area contributed by atoms with Crippen molar-refractivity contribution in [3.8, 4) is 0 Å². The summed E-state index contributed by atoms with van der Waals surface area (Å²) in [6, 6.07) is 0.388.